The lowest BCUT2D eigenvalue weighted by atomic mass is 9.96. The van der Waals surface area contributed by atoms with Gasteiger partial charge in [0.2, 0.25) is 5.79 Å². The highest BCUT2D eigenvalue weighted by Crippen LogP contribution is 2.29. The van der Waals surface area contributed by atoms with Crippen LogP contribution in [0.3, 0.4) is 0 Å². The molecule has 0 aliphatic carbocycles. The summed E-state index contributed by atoms with van der Waals surface area (Å²) in [7, 11) is 0. The minimum Gasteiger partial charge on any atom is -0.394 e. The van der Waals surface area contributed by atoms with E-state index in [0.29, 0.717) is 0 Å². The largest absolute Gasteiger partial charge is 0.394 e. The number of rotatable bonds is 4. The van der Waals surface area contributed by atoms with Crippen molar-refractivity contribution in [1.29, 1.82) is 0 Å². The lowest BCUT2D eigenvalue weighted by Crippen LogP contribution is -2.65. The third-order valence-electron chi connectivity index (χ3n) is 4.05. The quantitative estimate of drug-likeness (QED) is 0.243. The maximum atomic E-state index is 9.94. The van der Waals surface area contributed by atoms with E-state index in [4.69, 9.17) is 24.4 Å². The summed E-state index contributed by atoms with van der Waals surface area (Å²) in [5.41, 5.74) is 0. The lowest BCUT2D eigenvalue weighted by molar-refractivity contribution is -0.367. The van der Waals surface area contributed by atoms with E-state index in [1.165, 1.54) is 0 Å². The van der Waals surface area contributed by atoms with Gasteiger partial charge in [0.05, 0.1) is 19.8 Å². The van der Waals surface area contributed by atoms with Crippen LogP contribution in [0.15, 0.2) is 0 Å². The molecule has 0 spiro atoms. The van der Waals surface area contributed by atoms with Crippen molar-refractivity contribution in [3.05, 3.63) is 0 Å². The van der Waals surface area contributed by atoms with E-state index < -0.39 is 74.6 Å². The van der Waals surface area contributed by atoms with Crippen LogP contribution in [0, 0.1) is 0 Å². The Morgan fingerprint density at radius 2 is 1.61 bits per heavy atom. The van der Waals surface area contributed by atoms with Gasteiger partial charge in [-0.3, -0.25) is 0 Å². The van der Waals surface area contributed by atoms with Gasteiger partial charge in [-0.05, 0) is 0 Å². The van der Waals surface area contributed by atoms with Gasteiger partial charge < -0.3 is 55.1 Å². The number of aliphatic hydroxyl groups excluding tert-OH is 7. The molecule has 2 fully saturated rings. The summed E-state index contributed by atoms with van der Waals surface area (Å²) in [5.74, 6) is -2.35. The van der Waals surface area contributed by atoms with Crippen LogP contribution in [0.1, 0.15) is 0 Å². The summed E-state index contributed by atoms with van der Waals surface area (Å²) in [4.78, 5) is 0. The van der Waals surface area contributed by atoms with Crippen molar-refractivity contribution in [1.82, 2.24) is 0 Å². The van der Waals surface area contributed by atoms with Gasteiger partial charge in [-0.15, -0.1) is 0 Å². The average Bonchev–Trinajstić information content (AvgIpc) is 2.55. The second-order valence-corrected chi connectivity index (χ2v) is 5.62. The van der Waals surface area contributed by atoms with Crippen LogP contribution < -0.4 is 0 Å². The molecule has 0 radical (unpaired) electrons. The molecule has 0 aromatic carbocycles. The monoisotopic (exact) mass is 342 g/mol. The van der Waals surface area contributed by atoms with Gasteiger partial charge in [0.25, 0.3) is 0 Å². The Morgan fingerprint density at radius 1 is 0.957 bits per heavy atom. The molecule has 2 saturated heterocycles. The van der Waals surface area contributed by atoms with Gasteiger partial charge in [-0.25, -0.2) is 0 Å². The van der Waals surface area contributed by atoms with Gasteiger partial charge >= 0.3 is 0 Å². The predicted molar refractivity (Wildman–Crippen MR) is 68.6 cm³/mol. The fourth-order valence-corrected chi connectivity index (χ4v) is 2.49. The Bertz CT molecular complexity index is 393. The van der Waals surface area contributed by atoms with Crippen molar-refractivity contribution in [3.8, 4) is 0 Å². The summed E-state index contributed by atoms with van der Waals surface area (Å²) >= 11 is 0. The normalized spacial score (nSPS) is 51.7. The molecule has 0 aromatic rings. The summed E-state index contributed by atoms with van der Waals surface area (Å²) < 4.78 is 15.2. The molecule has 0 saturated carbocycles. The first-order valence-electron chi connectivity index (χ1n) is 7.04. The molecule has 2 aliphatic heterocycles. The van der Waals surface area contributed by atoms with Crippen LogP contribution in [0.4, 0.5) is 0 Å². The van der Waals surface area contributed by atoms with Crippen molar-refractivity contribution < 1.29 is 55.1 Å². The lowest BCUT2D eigenvalue weighted by Gasteiger charge is -2.45. The molecule has 2 aliphatic rings. The Labute approximate surface area is 130 Å². The molecular formula is C12H22O11. The van der Waals surface area contributed by atoms with E-state index in [9.17, 15) is 30.6 Å². The van der Waals surface area contributed by atoms with E-state index >= 15 is 0 Å². The Morgan fingerprint density at radius 3 is 2.17 bits per heavy atom. The summed E-state index contributed by atoms with van der Waals surface area (Å²) in [5, 5.41) is 76.6. The molecule has 136 valence electrons. The highest BCUT2D eigenvalue weighted by atomic mass is 16.7. The Balaban J connectivity index is 2.04. The SMILES string of the molecule is OC[C@H]1O[C@H](O[C@H]2CO[C@](O)(CO)[C@@H](O)[C@@H]2O)[C@H](O)[C@@H](O)[C@@H]1O. The predicted octanol–water partition coefficient (Wildman–Crippen LogP) is -5.40. The number of aliphatic hydroxyl groups is 8. The summed E-state index contributed by atoms with van der Waals surface area (Å²) in [6.45, 7) is -2.07. The molecule has 8 N–H and O–H groups in total. The molecule has 0 amide bonds. The minimum absolute atomic E-state index is 0.454. The first-order chi connectivity index (χ1) is 10.7. The molecule has 2 rings (SSSR count). The van der Waals surface area contributed by atoms with E-state index in [0.717, 1.165) is 0 Å². The van der Waals surface area contributed by atoms with Crippen LogP contribution >= 0.6 is 0 Å². The Kier molecular flexibility index (Phi) is 5.92. The zero-order valence-corrected chi connectivity index (χ0v) is 12.0. The van der Waals surface area contributed by atoms with Crippen LogP contribution in [-0.2, 0) is 14.2 Å². The Hall–Kier alpha value is -0.440. The second kappa shape index (κ2) is 7.21. The molecule has 0 unspecified atom stereocenters. The third-order valence-corrected chi connectivity index (χ3v) is 4.05. The zero-order valence-electron chi connectivity index (χ0n) is 12.0. The maximum Gasteiger partial charge on any atom is 0.218 e. The minimum atomic E-state index is -2.35. The molecule has 0 aromatic heterocycles. The fraction of sp³-hybridized carbons (Fsp3) is 1.00. The first-order valence-corrected chi connectivity index (χ1v) is 7.04. The van der Waals surface area contributed by atoms with Crippen molar-refractivity contribution in [2.24, 2.45) is 0 Å². The number of ether oxygens (including phenoxy) is 3. The van der Waals surface area contributed by atoms with Crippen LogP contribution in [0.2, 0.25) is 0 Å². The smallest absolute Gasteiger partial charge is 0.218 e. The van der Waals surface area contributed by atoms with Crippen LogP contribution in [-0.4, -0.2) is 115 Å². The standard InChI is InChI=1S/C12H22O11/c13-1-4-6(15)8(17)9(18)11(22-4)23-5-2-21-12(20,3-14)10(19)7(5)16/h4-11,13-20H,1-3H2/t4-,5+,6-,7-,8+,9-,10+,11-,12-/m1/s1. The van der Waals surface area contributed by atoms with E-state index in [-0.39, 0.29) is 0 Å². The van der Waals surface area contributed by atoms with Crippen molar-refractivity contribution >= 4 is 0 Å². The topological polar surface area (TPSA) is 190 Å². The number of hydrogen-bond donors (Lipinski definition) is 8. The molecule has 11 nitrogen and oxygen atoms in total. The molecule has 9 atom stereocenters. The fourth-order valence-electron chi connectivity index (χ4n) is 2.49. The van der Waals surface area contributed by atoms with E-state index in [1.807, 2.05) is 0 Å². The summed E-state index contributed by atoms with van der Waals surface area (Å²) in [6, 6.07) is 0. The van der Waals surface area contributed by atoms with Gasteiger partial charge in [0, 0.05) is 0 Å². The molecule has 0 bridgehead atoms. The highest BCUT2D eigenvalue weighted by Gasteiger charge is 2.51. The second-order valence-electron chi connectivity index (χ2n) is 5.62. The van der Waals surface area contributed by atoms with Crippen molar-refractivity contribution in [3.63, 3.8) is 0 Å². The first kappa shape index (κ1) is 18.9. The molecule has 2 heterocycles. The van der Waals surface area contributed by atoms with Crippen LogP contribution in [0.5, 0.6) is 0 Å². The van der Waals surface area contributed by atoms with Crippen molar-refractivity contribution in [2.45, 2.75) is 54.8 Å². The highest BCUT2D eigenvalue weighted by molar-refractivity contribution is 4.94. The van der Waals surface area contributed by atoms with Gasteiger partial charge in [-0.2, -0.15) is 0 Å². The van der Waals surface area contributed by atoms with Gasteiger partial charge in [0.15, 0.2) is 6.29 Å². The van der Waals surface area contributed by atoms with Crippen LogP contribution in [0.25, 0.3) is 0 Å². The van der Waals surface area contributed by atoms with Gasteiger partial charge in [-0.1, -0.05) is 0 Å². The third kappa shape index (κ3) is 3.50. The molecular weight excluding hydrogens is 320 g/mol. The zero-order chi connectivity index (χ0) is 17.4. The van der Waals surface area contributed by atoms with E-state index in [2.05, 4.69) is 0 Å². The maximum absolute atomic E-state index is 9.94. The molecule has 11 heteroatoms. The van der Waals surface area contributed by atoms with Crippen molar-refractivity contribution in [2.75, 3.05) is 19.8 Å². The number of hydrogen-bond acceptors (Lipinski definition) is 11. The average molecular weight is 342 g/mol. The van der Waals surface area contributed by atoms with E-state index in [1.54, 1.807) is 0 Å². The molecule has 23 heavy (non-hydrogen) atoms. The van der Waals surface area contributed by atoms with Gasteiger partial charge in [0.1, 0.15) is 42.7 Å². The summed E-state index contributed by atoms with van der Waals surface area (Å²) in [6.07, 6.45) is -12.5.